The van der Waals surface area contributed by atoms with Crippen molar-refractivity contribution in [3.8, 4) is 0 Å². The number of rotatable bonds is 6. The Kier molecular flexibility index (Phi) is 3.99. The summed E-state index contributed by atoms with van der Waals surface area (Å²) < 4.78 is 4.88. The third-order valence-electron chi connectivity index (χ3n) is 2.85. The summed E-state index contributed by atoms with van der Waals surface area (Å²) in [6.07, 6.45) is -0.304. The molecule has 7 nitrogen and oxygen atoms in total. The van der Waals surface area contributed by atoms with Crippen molar-refractivity contribution in [2.24, 2.45) is 0 Å². The minimum absolute atomic E-state index is 0.270. The highest BCUT2D eigenvalue weighted by atomic mass is 16.4. The molecule has 0 radical (unpaired) electrons. The summed E-state index contributed by atoms with van der Waals surface area (Å²) in [4.78, 5) is 36.6. The smallest absolute Gasteiger partial charge is 0.417 e. The molecule has 0 saturated carbocycles. The number of carboxylic acids is 1. The number of carbonyl (C=O) groups is 2. The van der Waals surface area contributed by atoms with Crippen molar-refractivity contribution in [1.82, 2.24) is 10.3 Å². The number of aliphatic carboxylic acids is 1. The van der Waals surface area contributed by atoms with Crippen LogP contribution < -0.4 is 11.1 Å². The molecular formula is C13H14N2O5. The fourth-order valence-electron chi connectivity index (χ4n) is 1.98. The highest BCUT2D eigenvalue weighted by Crippen LogP contribution is 2.14. The van der Waals surface area contributed by atoms with Gasteiger partial charge in [-0.05, 0) is 24.7 Å². The van der Waals surface area contributed by atoms with E-state index in [9.17, 15) is 14.4 Å². The van der Waals surface area contributed by atoms with Crippen molar-refractivity contribution in [2.75, 3.05) is 6.54 Å². The predicted octanol–water partition coefficient (Wildman–Crippen LogP) is 0.757. The van der Waals surface area contributed by atoms with Crippen LogP contribution in [0.4, 0.5) is 0 Å². The predicted molar refractivity (Wildman–Crippen MR) is 70.9 cm³/mol. The van der Waals surface area contributed by atoms with Gasteiger partial charge >= 0.3 is 11.7 Å². The zero-order chi connectivity index (χ0) is 14.7. The number of Topliss-reactive ketones (excluding diaryl/α,β-unsaturated/α-hetero) is 1. The van der Waals surface area contributed by atoms with E-state index in [1.165, 1.54) is 12.1 Å². The average Bonchev–Trinajstić information content (AvgIpc) is 2.75. The number of carbonyl (C=O) groups excluding carboxylic acids is 1. The quantitative estimate of drug-likeness (QED) is 0.672. The first-order valence-corrected chi connectivity index (χ1v) is 6.13. The Bertz CT molecular complexity index is 700. The van der Waals surface area contributed by atoms with Crippen LogP contribution in [-0.4, -0.2) is 34.4 Å². The first-order valence-electron chi connectivity index (χ1n) is 6.13. The second-order valence-corrected chi connectivity index (χ2v) is 4.30. The topological polar surface area (TPSA) is 112 Å². The Morgan fingerprint density at radius 2 is 2.20 bits per heavy atom. The van der Waals surface area contributed by atoms with Gasteiger partial charge in [-0.2, -0.15) is 0 Å². The molecule has 20 heavy (non-hydrogen) atoms. The SMILES string of the molecule is CCNC(CC(=O)O)C(=O)c1ccc2[nH]c(=O)oc2c1. The second kappa shape index (κ2) is 5.70. The molecule has 0 aliphatic carbocycles. The number of aromatic nitrogens is 1. The zero-order valence-corrected chi connectivity index (χ0v) is 10.8. The van der Waals surface area contributed by atoms with Crippen LogP contribution in [0.15, 0.2) is 27.4 Å². The van der Waals surface area contributed by atoms with Crippen molar-refractivity contribution < 1.29 is 19.1 Å². The largest absolute Gasteiger partial charge is 0.481 e. The molecular weight excluding hydrogens is 264 g/mol. The van der Waals surface area contributed by atoms with Gasteiger partial charge in [0.15, 0.2) is 11.4 Å². The monoisotopic (exact) mass is 278 g/mol. The number of fused-ring (bicyclic) bond motifs is 1. The number of likely N-dealkylation sites (N-methyl/N-ethyl adjacent to an activating group) is 1. The standard InChI is InChI=1S/C13H14N2O5/c1-2-14-9(6-11(16)17)12(18)7-3-4-8-10(5-7)20-13(19)15-8/h3-5,9,14H,2,6H2,1H3,(H,15,19)(H,16,17). The lowest BCUT2D eigenvalue weighted by atomic mass is 10.0. The average molecular weight is 278 g/mol. The van der Waals surface area contributed by atoms with Crippen LogP contribution in [0.25, 0.3) is 11.1 Å². The summed E-state index contributed by atoms with van der Waals surface area (Å²) in [6, 6.07) is 3.71. The molecule has 1 unspecified atom stereocenters. The minimum atomic E-state index is -1.06. The van der Waals surface area contributed by atoms with Crippen LogP contribution in [0, 0.1) is 0 Å². The lowest BCUT2D eigenvalue weighted by molar-refractivity contribution is -0.137. The van der Waals surface area contributed by atoms with Gasteiger partial charge in [0.2, 0.25) is 0 Å². The molecule has 0 saturated heterocycles. The molecule has 2 aromatic rings. The number of aromatic amines is 1. The minimum Gasteiger partial charge on any atom is -0.481 e. The number of benzene rings is 1. The van der Waals surface area contributed by atoms with Gasteiger partial charge in [0, 0.05) is 5.56 Å². The Morgan fingerprint density at radius 3 is 2.85 bits per heavy atom. The molecule has 0 bridgehead atoms. The molecule has 0 fully saturated rings. The number of nitrogens with one attached hydrogen (secondary N) is 2. The van der Waals surface area contributed by atoms with Gasteiger partial charge < -0.3 is 14.8 Å². The first-order chi connectivity index (χ1) is 9.51. The third kappa shape index (κ3) is 2.94. The highest BCUT2D eigenvalue weighted by molar-refractivity contribution is 6.03. The third-order valence-corrected chi connectivity index (χ3v) is 2.85. The fraction of sp³-hybridized carbons (Fsp3) is 0.308. The van der Waals surface area contributed by atoms with Crippen LogP contribution >= 0.6 is 0 Å². The summed E-state index contributed by atoms with van der Waals surface area (Å²) in [5.74, 6) is -2.00. The second-order valence-electron chi connectivity index (χ2n) is 4.30. The number of carboxylic acid groups (broad SMARTS) is 1. The van der Waals surface area contributed by atoms with Crippen molar-refractivity contribution in [2.45, 2.75) is 19.4 Å². The number of hydrogen-bond acceptors (Lipinski definition) is 5. The summed E-state index contributed by atoms with van der Waals surface area (Å²) >= 11 is 0. The summed E-state index contributed by atoms with van der Waals surface area (Å²) in [7, 11) is 0. The molecule has 0 spiro atoms. The Morgan fingerprint density at radius 1 is 1.45 bits per heavy atom. The molecule has 1 atom stereocenters. The molecule has 3 N–H and O–H groups in total. The molecule has 7 heteroatoms. The molecule has 106 valence electrons. The highest BCUT2D eigenvalue weighted by Gasteiger charge is 2.22. The summed E-state index contributed by atoms with van der Waals surface area (Å²) in [6.45, 7) is 2.27. The van der Waals surface area contributed by atoms with Gasteiger partial charge in [0.1, 0.15) is 0 Å². The number of H-pyrrole nitrogens is 1. The molecule has 2 rings (SSSR count). The van der Waals surface area contributed by atoms with Crippen LogP contribution in [0.5, 0.6) is 0 Å². The van der Waals surface area contributed by atoms with E-state index in [1.807, 2.05) is 0 Å². The molecule has 1 heterocycles. The van der Waals surface area contributed by atoms with Gasteiger partial charge in [0.05, 0.1) is 18.0 Å². The Labute approximate surface area is 113 Å². The van der Waals surface area contributed by atoms with E-state index in [0.717, 1.165) is 0 Å². The van der Waals surface area contributed by atoms with E-state index in [4.69, 9.17) is 9.52 Å². The molecule has 1 aromatic heterocycles. The molecule has 0 aliphatic heterocycles. The number of ketones is 1. The van der Waals surface area contributed by atoms with E-state index < -0.39 is 17.8 Å². The van der Waals surface area contributed by atoms with Crippen molar-refractivity contribution in [1.29, 1.82) is 0 Å². The normalized spacial score (nSPS) is 12.4. The summed E-state index contributed by atoms with van der Waals surface area (Å²) in [5, 5.41) is 11.7. The van der Waals surface area contributed by atoms with E-state index in [0.29, 0.717) is 17.6 Å². The van der Waals surface area contributed by atoms with Crippen LogP contribution in [0.1, 0.15) is 23.7 Å². The first kappa shape index (κ1) is 14.0. The van der Waals surface area contributed by atoms with E-state index in [-0.39, 0.29) is 17.8 Å². The maximum atomic E-state index is 12.3. The number of oxazole rings is 1. The lowest BCUT2D eigenvalue weighted by Crippen LogP contribution is -2.38. The van der Waals surface area contributed by atoms with Gasteiger partial charge in [-0.3, -0.25) is 14.6 Å². The van der Waals surface area contributed by atoms with Gasteiger partial charge in [-0.15, -0.1) is 0 Å². The van der Waals surface area contributed by atoms with Crippen LogP contribution in [0.3, 0.4) is 0 Å². The van der Waals surface area contributed by atoms with E-state index in [2.05, 4.69) is 10.3 Å². The molecule has 0 aliphatic rings. The molecule has 1 aromatic carbocycles. The van der Waals surface area contributed by atoms with Gasteiger partial charge in [-0.1, -0.05) is 6.92 Å². The Hall–Kier alpha value is -2.41. The van der Waals surface area contributed by atoms with Gasteiger partial charge in [0.25, 0.3) is 0 Å². The van der Waals surface area contributed by atoms with Crippen LogP contribution in [0.2, 0.25) is 0 Å². The van der Waals surface area contributed by atoms with E-state index >= 15 is 0 Å². The van der Waals surface area contributed by atoms with Crippen molar-refractivity contribution >= 4 is 22.9 Å². The lowest BCUT2D eigenvalue weighted by Gasteiger charge is -2.14. The zero-order valence-electron chi connectivity index (χ0n) is 10.8. The van der Waals surface area contributed by atoms with Gasteiger partial charge in [-0.25, -0.2) is 4.79 Å². The summed E-state index contributed by atoms with van der Waals surface area (Å²) in [5.41, 5.74) is 1.06. The maximum Gasteiger partial charge on any atom is 0.417 e. The van der Waals surface area contributed by atoms with E-state index in [1.54, 1.807) is 13.0 Å². The molecule has 0 amide bonds. The van der Waals surface area contributed by atoms with Crippen molar-refractivity contribution in [3.05, 3.63) is 34.3 Å². The number of hydrogen-bond donors (Lipinski definition) is 3. The maximum absolute atomic E-state index is 12.3. The van der Waals surface area contributed by atoms with Crippen molar-refractivity contribution in [3.63, 3.8) is 0 Å². The Balaban J connectivity index is 2.32. The van der Waals surface area contributed by atoms with Crippen LogP contribution in [-0.2, 0) is 4.79 Å². The fourth-order valence-corrected chi connectivity index (χ4v) is 1.98.